The standard InChI is InChI=1S/C18H25N3O2/c1-12-16(13(2)21-20-12)9-10-18(23)19-14(3)17(22)11-15-7-5-4-6-8-15/h4-8,14,17,22H,9-11H2,1-3H3,(H,19,23)(H,20,21). The molecule has 5 nitrogen and oxygen atoms in total. The van der Waals surface area contributed by atoms with Gasteiger partial charge < -0.3 is 10.4 Å². The maximum atomic E-state index is 12.1. The predicted molar refractivity (Wildman–Crippen MR) is 90.1 cm³/mol. The Kier molecular flexibility index (Phi) is 5.93. The highest BCUT2D eigenvalue weighted by atomic mass is 16.3. The van der Waals surface area contributed by atoms with Gasteiger partial charge in [-0.25, -0.2) is 0 Å². The molecule has 1 aromatic heterocycles. The summed E-state index contributed by atoms with van der Waals surface area (Å²) in [5.41, 5.74) is 4.10. The van der Waals surface area contributed by atoms with E-state index >= 15 is 0 Å². The van der Waals surface area contributed by atoms with Gasteiger partial charge in [0.15, 0.2) is 0 Å². The lowest BCUT2D eigenvalue weighted by molar-refractivity contribution is -0.122. The molecule has 0 radical (unpaired) electrons. The van der Waals surface area contributed by atoms with Crippen LogP contribution in [0.1, 0.15) is 35.9 Å². The van der Waals surface area contributed by atoms with Crippen molar-refractivity contribution in [3.8, 4) is 0 Å². The van der Waals surface area contributed by atoms with Crippen LogP contribution in [0.3, 0.4) is 0 Å². The average Bonchev–Trinajstić information content (AvgIpc) is 2.85. The van der Waals surface area contributed by atoms with Crippen molar-refractivity contribution in [2.24, 2.45) is 0 Å². The van der Waals surface area contributed by atoms with E-state index < -0.39 is 6.10 Å². The van der Waals surface area contributed by atoms with Crippen LogP contribution in [0.5, 0.6) is 0 Å². The first kappa shape index (κ1) is 17.2. The van der Waals surface area contributed by atoms with E-state index in [9.17, 15) is 9.90 Å². The first-order valence-corrected chi connectivity index (χ1v) is 7.99. The van der Waals surface area contributed by atoms with Crippen molar-refractivity contribution in [3.05, 3.63) is 52.8 Å². The molecule has 5 heteroatoms. The Morgan fingerprint density at radius 2 is 2.00 bits per heavy atom. The van der Waals surface area contributed by atoms with E-state index in [0.717, 1.165) is 22.5 Å². The summed E-state index contributed by atoms with van der Waals surface area (Å²) in [5, 5.41) is 20.2. The van der Waals surface area contributed by atoms with Crippen LogP contribution < -0.4 is 5.32 Å². The van der Waals surface area contributed by atoms with Gasteiger partial charge in [-0.05, 0) is 38.3 Å². The molecule has 2 atom stereocenters. The monoisotopic (exact) mass is 315 g/mol. The highest BCUT2D eigenvalue weighted by Crippen LogP contribution is 2.12. The molecule has 1 heterocycles. The smallest absolute Gasteiger partial charge is 0.220 e. The molecular weight excluding hydrogens is 290 g/mol. The Morgan fingerprint density at radius 3 is 2.61 bits per heavy atom. The number of aliphatic hydroxyl groups is 1. The van der Waals surface area contributed by atoms with Gasteiger partial charge in [-0.3, -0.25) is 9.89 Å². The number of aryl methyl sites for hydroxylation is 2. The van der Waals surface area contributed by atoms with Crippen molar-refractivity contribution in [1.29, 1.82) is 0 Å². The third-order valence-corrected chi connectivity index (χ3v) is 4.14. The van der Waals surface area contributed by atoms with E-state index in [2.05, 4.69) is 15.5 Å². The zero-order chi connectivity index (χ0) is 16.8. The van der Waals surface area contributed by atoms with Crippen molar-refractivity contribution in [3.63, 3.8) is 0 Å². The second-order valence-electron chi connectivity index (χ2n) is 6.03. The number of carbonyl (C=O) groups is 1. The fraction of sp³-hybridized carbons (Fsp3) is 0.444. The van der Waals surface area contributed by atoms with Crippen molar-refractivity contribution in [1.82, 2.24) is 15.5 Å². The van der Waals surface area contributed by atoms with Crippen LogP contribution in [-0.2, 0) is 17.6 Å². The first-order valence-electron chi connectivity index (χ1n) is 7.99. The van der Waals surface area contributed by atoms with E-state index in [1.165, 1.54) is 0 Å². The number of hydrogen-bond acceptors (Lipinski definition) is 3. The number of rotatable bonds is 7. The summed E-state index contributed by atoms with van der Waals surface area (Å²) < 4.78 is 0. The number of benzene rings is 1. The summed E-state index contributed by atoms with van der Waals surface area (Å²) in [6, 6.07) is 9.50. The van der Waals surface area contributed by atoms with Crippen molar-refractivity contribution < 1.29 is 9.90 Å². The molecule has 23 heavy (non-hydrogen) atoms. The summed E-state index contributed by atoms with van der Waals surface area (Å²) in [6.45, 7) is 5.72. The number of nitrogens with one attached hydrogen (secondary N) is 2. The number of nitrogens with zero attached hydrogens (tertiary/aromatic N) is 1. The lowest BCUT2D eigenvalue weighted by Gasteiger charge is -2.20. The van der Waals surface area contributed by atoms with Crippen LogP contribution in [0.15, 0.2) is 30.3 Å². The molecule has 3 N–H and O–H groups in total. The van der Waals surface area contributed by atoms with E-state index in [1.54, 1.807) is 0 Å². The molecular formula is C18H25N3O2. The average molecular weight is 315 g/mol. The minimum Gasteiger partial charge on any atom is -0.391 e. The van der Waals surface area contributed by atoms with E-state index in [0.29, 0.717) is 19.3 Å². The molecule has 1 aromatic carbocycles. The van der Waals surface area contributed by atoms with Crippen molar-refractivity contribution in [2.45, 2.75) is 52.2 Å². The van der Waals surface area contributed by atoms with Crippen LogP contribution >= 0.6 is 0 Å². The predicted octanol–water partition coefficient (Wildman–Crippen LogP) is 2.07. The number of H-pyrrole nitrogens is 1. The van der Waals surface area contributed by atoms with Gasteiger partial charge in [0.25, 0.3) is 0 Å². The normalized spacial score (nSPS) is 13.6. The van der Waals surface area contributed by atoms with Crippen LogP contribution in [0, 0.1) is 13.8 Å². The molecule has 0 aliphatic rings. The minimum atomic E-state index is -0.598. The van der Waals surface area contributed by atoms with Gasteiger partial charge in [-0.15, -0.1) is 0 Å². The van der Waals surface area contributed by atoms with Gasteiger partial charge in [0.1, 0.15) is 0 Å². The van der Waals surface area contributed by atoms with Crippen molar-refractivity contribution in [2.75, 3.05) is 0 Å². The zero-order valence-corrected chi connectivity index (χ0v) is 14.0. The third-order valence-electron chi connectivity index (χ3n) is 4.14. The van der Waals surface area contributed by atoms with Gasteiger partial charge in [-0.1, -0.05) is 30.3 Å². The molecule has 0 aliphatic carbocycles. The lowest BCUT2D eigenvalue weighted by atomic mass is 10.0. The fourth-order valence-electron chi connectivity index (χ4n) is 2.64. The zero-order valence-electron chi connectivity index (χ0n) is 14.0. The van der Waals surface area contributed by atoms with Crippen LogP contribution in [0.4, 0.5) is 0 Å². The summed E-state index contributed by atoms with van der Waals surface area (Å²) in [7, 11) is 0. The molecule has 2 aromatic rings. The SMILES string of the molecule is Cc1n[nH]c(C)c1CCC(=O)NC(C)C(O)Cc1ccccc1. The number of aromatic nitrogens is 2. The number of aliphatic hydroxyl groups excluding tert-OH is 1. The van der Waals surface area contributed by atoms with E-state index in [1.807, 2.05) is 51.1 Å². The molecule has 0 bridgehead atoms. The summed E-state index contributed by atoms with van der Waals surface area (Å²) in [6.07, 6.45) is 0.978. The van der Waals surface area contributed by atoms with Crippen molar-refractivity contribution >= 4 is 5.91 Å². The second-order valence-corrected chi connectivity index (χ2v) is 6.03. The Labute approximate surface area is 137 Å². The Bertz CT molecular complexity index is 617. The highest BCUT2D eigenvalue weighted by molar-refractivity contribution is 5.76. The molecule has 124 valence electrons. The molecule has 0 spiro atoms. The van der Waals surface area contributed by atoms with Gasteiger partial charge in [0.05, 0.1) is 17.8 Å². The molecule has 0 fully saturated rings. The van der Waals surface area contributed by atoms with Crippen LogP contribution in [0.25, 0.3) is 0 Å². The minimum absolute atomic E-state index is 0.0513. The number of aromatic amines is 1. The van der Waals surface area contributed by atoms with E-state index in [-0.39, 0.29) is 11.9 Å². The number of hydrogen-bond donors (Lipinski definition) is 3. The highest BCUT2D eigenvalue weighted by Gasteiger charge is 2.17. The molecule has 0 aliphatic heterocycles. The first-order chi connectivity index (χ1) is 11.0. The topological polar surface area (TPSA) is 78.0 Å². The van der Waals surface area contributed by atoms with Gasteiger partial charge in [0.2, 0.25) is 5.91 Å². The number of carbonyl (C=O) groups excluding carboxylic acids is 1. The lowest BCUT2D eigenvalue weighted by Crippen LogP contribution is -2.42. The van der Waals surface area contributed by atoms with E-state index in [4.69, 9.17) is 0 Å². The summed E-state index contributed by atoms with van der Waals surface area (Å²) >= 11 is 0. The Balaban J connectivity index is 1.80. The fourth-order valence-corrected chi connectivity index (χ4v) is 2.64. The summed E-state index contributed by atoms with van der Waals surface area (Å²) in [4.78, 5) is 12.1. The molecule has 0 saturated carbocycles. The molecule has 0 saturated heterocycles. The molecule has 2 unspecified atom stereocenters. The van der Waals surface area contributed by atoms with Crippen LogP contribution in [0.2, 0.25) is 0 Å². The Morgan fingerprint density at radius 1 is 1.30 bits per heavy atom. The van der Waals surface area contributed by atoms with Gasteiger partial charge in [0, 0.05) is 18.5 Å². The maximum absolute atomic E-state index is 12.1. The quantitative estimate of drug-likeness (QED) is 0.732. The second kappa shape index (κ2) is 7.92. The largest absolute Gasteiger partial charge is 0.391 e. The van der Waals surface area contributed by atoms with Crippen LogP contribution in [-0.4, -0.2) is 33.4 Å². The maximum Gasteiger partial charge on any atom is 0.220 e. The number of amides is 1. The molecule has 2 rings (SSSR count). The third kappa shape index (κ3) is 4.93. The Hall–Kier alpha value is -2.14. The van der Waals surface area contributed by atoms with Gasteiger partial charge >= 0.3 is 0 Å². The van der Waals surface area contributed by atoms with Gasteiger partial charge in [-0.2, -0.15) is 5.10 Å². The molecule has 1 amide bonds. The summed E-state index contributed by atoms with van der Waals surface area (Å²) in [5.74, 6) is -0.0513.